The molecule has 7 heteroatoms. The Labute approximate surface area is 131 Å². The third kappa shape index (κ3) is 3.07. The number of nitrogens with two attached hydrogens (primary N) is 1. The summed E-state index contributed by atoms with van der Waals surface area (Å²) in [5, 5.41) is 2.84. The van der Waals surface area contributed by atoms with Crippen LogP contribution in [0.5, 0.6) is 0 Å². The third-order valence-electron chi connectivity index (χ3n) is 3.28. The van der Waals surface area contributed by atoms with Crippen LogP contribution in [0.25, 0.3) is 0 Å². The average Bonchev–Trinajstić information content (AvgIpc) is 2.47. The van der Waals surface area contributed by atoms with Crippen LogP contribution in [-0.2, 0) is 10.3 Å². The molecule has 1 unspecified atom stereocenters. The number of amides is 2. The minimum absolute atomic E-state index is 0.232. The van der Waals surface area contributed by atoms with Gasteiger partial charge in [0.15, 0.2) is 5.82 Å². The van der Waals surface area contributed by atoms with Crippen LogP contribution in [0.15, 0.2) is 42.7 Å². The molecule has 0 saturated heterocycles. The van der Waals surface area contributed by atoms with Gasteiger partial charge in [-0.1, -0.05) is 23.7 Å². The van der Waals surface area contributed by atoms with Crippen LogP contribution in [0, 0.1) is 5.82 Å². The van der Waals surface area contributed by atoms with Crippen molar-refractivity contribution in [3.8, 4) is 0 Å². The van der Waals surface area contributed by atoms with Gasteiger partial charge >= 0.3 is 0 Å². The Morgan fingerprint density at radius 3 is 2.68 bits per heavy atom. The first-order chi connectivity index (χ1) is 10.3. The molecule has 5 nitrogen and oxygen atoms in total. The zero-order valence-corrected chi connectivity index (χ0v) is 12.4. The first-order valence-electron chi connectivity index (χ1n) is 6.32. The molecule has 1 atom stereocenters. The molecule has 2 rings (SSSR count). The lowest BCUT2D eigenvalue weighted by Gasteiger charge is -2.28. The Balaban J connectivity index is 2.39. The summed E-state index contributed by atoms with van der Waals surface area (Å²) in [7, 11) is 0. The van der Waals surface area contributed by atoms with Crippen molar-refractivity contribution in [3.63, 3.8) is 0 Å². The van der Waals surface area contributed by atoms with Crippen molar-refractivity contribution >= 4 is 23.4 Å². The lowest BCUT2D eigenvalue weighted by Crippen LogP contribution is -2.52. The molecular formula is C15H13ClFN3O2. The van der Waals surface area contributed by atoms with Crippen molar-refractivity contribution in [2.45, 2.75) is 12.5 Å². The lowest BCUT2D eigenvalue weighted by atomic mass is 9.90. The number of aromatic nitrogens is 1. The van der Waals surface area contributed by atoms with E-state index < -0.39 is 23.2 Å². The molecule has 114 valence electrons. The molecule has 2 aromatic rings. The Morgan fingerprint density at radius 2 is 2.09 bits per heavy atom. The number of primary amides is 1. The number of carbonyl (C=O) groups is 2. The van der Waals surface area contributed by atoms with E-state index in [4.69, 9.17) is 17.3 Å². The van der Waals surface area contributed by atoms with Gasteiger partial charge in [0.05, 0.1) is 11.8 Å². The fourth-order valence-electron chi connectivity index (χ4n) is 1.93. The zero-order valence-electron chi connectivity index (χ0n) is 11.6. The molecule has 22 heavy (non-hydrogen) atoms. The molecule has 3 N–H and O–H groups in total. The largest absolute Gasteiger partial charge is 0.367 e. The second-order valence-electron chi connectivity index (χ2n) is 4.81. The highest BCUT2D eigenvalue weighted by atomic mass is 35.5. The van der Waals surface area contributed by atoms with Crippen LogP contribution in [0.4, 0.5) is 4.39 Å². The number of hydrogen-bond donors (Lipinski definition) is 2. The number of benzene rings is 1. The maximum atomic E-state index is 13.6. The van der Waals surface area contributed by atoms with Crippen LogP contribution in [-0.4, -0.2) is 16.8 Å². The zero-order chi connectivity index (χ0) is 16.3. The minimum atomic E-state index is -1.53. The normalized spacial score (nSPS) is 13.2. The summed E-state index contributed by atoms with van der Waals surface area (Å²) in [5.41, 5.74) is 4.05. The van der Waals surface area contributed by atoms with Crippen LogP contribution < -0.4 is 11.1 Å². The highest BCUT2D eigenvalue weighted by Gasteiger charge is 2.35. The van der Waals surface area contributed by atoms with Crippen LogP contribution in [0.2, 0.25) is 5.02 Å². The SMILES string of the molecule is CC(NC(=O)c1ccncc1F)(C(N)=O)c1cccc(Cl)c1. The first-order valence-corrected chi connectivity index (χ1v) is 6.70. The van der Waals surface area contributed by atoms with Crippen molar-refractivity contribution in [3.05, 3.63) is 64.7 Å². The van der Waals surface area contributed by atoms with Crippen molar-refractivity contribution in [2.24, 2.45) is 5.73 Å². The second kappa shape index (κ2) is 6.11. The number of nitrogens with zero attached hydrogens (tertiary/aromatic N) is 1. The predicted molar refractivity (Wildman–Crippen MR) is 79.7 cm³/mol. The summed E-state index contributed by atoms with van der Waals surface area (Å²) in [6.07, 6.45) is 2.19. The van der Waals surface area contributed by atoms with Crippen LogP contribution in [0.3, 0.4) is 0 Å². The second-order valence-corrected chi connectivity index (χ2v) is 5.25. The van der Waals surface area contributed by atoms with E-state index in [-0.39, 0.29) is 5.56 Å². The summed E-state index contributed by atoms with van der Waals surface area (Å²) in [5.74, 6) is -2.36. The Morgan fingerprint density at radius 1 is 1.36 bits per heavy atom. The van der Waals surface area contributed by atoms with E-state index >= 15 is 0 Å². The lowest BCUT2D eigenvalue weighted by molar-refractivity contribution is -0.123. The molecule has 1 aromatic carbocycles. The Kier molecular flexibility index (Phi) is 4.42. The fraction of sp³-hybridized carbons (Fsp3) is 0.133. The average molecular weight is 322 g/mol. The van der Waals surface area contributed by atoms with Gasteiger partial charge in [-0.25, -0.2) is 4.39 Å². The highest BCUT2D eigenvalue weighted by molar-refractivity contribution is 6.30. The molecule has 2 amide bonds. The number of nitrogens with one attached hydrogen (secondary N) is 1. The molecular weight excluding hydrogens is 309 g/mol. The van der Waals surface area contributed by atoms with E-state index in [0.717, 1.165) is 6.20 Å². The van der Waals surface area contributed by atoms with Gasteiger partial charge < -0.3 is 11.1 Å². The van der Waals surface area contributed by atoms with Crippen molar-refractivity contribution in [2.75, 3.05) is 0 Å². The molecule has 1 aromatic heterocycles. The summed E-state index contributed by atoms with van der Waals surface area (Å²) < 4.78 is 13.6. The van der Waals surface area contributed by atoms with E-state index in [1.54, 1.807) is 18.2 Å². The number of halogens is 2. The minimum Gasteiger partial charge on any atom is -0.367 e. The fourth-order valence-corrected chi connectivity index (χ4v) is 2.12. The molecule has 0 radical (unpaired) electrons. The van der Waals surface area contributed by atoms with Crippen molar-refractivity contribution in [1.29, 1.82) is 0 Å². The van der Waals surface area contributed by atoms with E-state index in [2.05, 4.69) is 10.3 Å². The first kappa shape index (κ1) is 15.9. The van der Waals surface area contributed by atoms with Crippen molar-refractivity contribution < 1.29 is 14.0 Å². The molecule has 0 aliphatic heterocycles. The van der Waals surface area contributed by atoms with Crippen molar-refractivity contribution in [1.82, 2.24) is 10.3 Å². The molecule has 0 aliphatic rings. The van der Waals surface area contributed by atoms with Gasteiger partial charge in [0.1, 0.15) is 5.54 Å². The monoisotopic (exact) mass is 321 g/mol. The summed E-state index contributed by atoms with van der Waals surface area (Å²) in [6.45, 7) is 1.43. The third-order valence-corrected chi connectivity index (χ3v) is 3.51. The van der Waals surface area contributed by atoms with Gasteiger partial charge in [-0.15, -0.1) is 0 Å². The number of rotatable bonds is 4. The van der Waals surface area contributed by atoms with Gasteiger partial charge in [-0.2, -0.15) is 0 Å². The number of pyridine rings is 1. The molecule has 0 bridgehead atoms. The summed E-state index contributed by atoms with van der Waals surface area (Å²) in [6, 6.07) is 7.56. The maximum absolute atomic E-state index is 13.6. The predicted octanol–water partition coefficient (Wildman–Crippen LogP) is 2.00. The Bertz CT molecular complexity index is 738. The summed E-state index contributed by atoms with van der Waals surface area (Å²) in [4.78, 5) is 27.6. The molecule has 1 heterocycles. The number of hydrogen-bond acceptors (Lipinski definition) is 3. The maximum Gasteiger partial charge on any atom is 0.255 e. The highest BCUT2D eigenvalue weighted by Crippen LogP contribution is 2.24. The molecule has 0 fully saturated rings. The van der Waals surface area contributed by atoms with Gasteiger partial charge in [0.25, 0.3) is 5.91 Å². The standard InChI is InChI=1S/C15H13ClFN3O2/c1-15(14(18)22,9-3-2-4-10(16)7-9)20-13(21)11-5-6-19-8-12(11)17/h2-8H,1H3,(H2,18,22)(H,20,21). The molecule has 0 saturated carbocycles. The van der Waals surface area contributed by atoms with Gasteiger partial charge in [-0.3, -0.25) is 14.6 Å². The van der Waals surface area contributed by atoms with E-state index in [1.807, 2.05) is 0 Å². The van der Waals surface area contributed by atoms with E-state index in [9.17, 15) is 14.0 Å². The number of carbonyl (C=O) groups excluding carboxylic acids is 2. The van der Waals surface area contributed by atoms with E-state index in [1.165, 1.54) is 25.3 Å². The molecule has 0 aliphatic carbocycles. The van der Waals surface area contributed by atoms with Crippen LogP contribution >= 0.6 is 11.6 Å². The molecule has 0 spiro atoms. The quantitative estimate of drug-likeness (QED) is 0.903. The Hall–Kier alpha value is -2.47. The summed E-state index contributed by atoms with van der Waals surface area (Å²) >= 11 is 5.90. The van der Waals surface area contributed by atoms with Crippen LogP contribution in [0.1, 0.15) is 22.8 Å². The van der Waals surface area contributed by atoms with Gasteiger partial charge in [0, 0.05) is 11.2 Å². The van der Waals surface area contributed by atoms with Gasteiger partial charge in [-0.05, 0) is 30.7 Å². The van der Waals surface area contributed by atoms with E-state index in [0.29, 0.717) is 10.6 Å². The topological polar surface area (TPSA) is 85.1 Å². The van der Waals surface area contributed by atoms with Gasteiger partial charge in [0.2, 0.25) is 5.91 Å². The smallest absolute Gasteiger partial charge is 0.255 e.